The molecule has 0 aliphatic rings. The molecule has 1 amide bonds. The smallest absolute Gasteiger partial charge is 0.253 e. The van der Waals surface area contributed by atoms with Crippen molar-refractivity contribution >= 4 is 5.91 Å². The minimum absolute atomic E-state index is 0.131. The van der Waals surface area contributed by atoms with Gasteiger partial charge in [-0.3, -0.25) is 4.79 Å². The van der Waals surface area contributed by atoms with Crippen LogP contribution < -0.4 is 10.5 Å². The number of carbonyl (C=O) groups is 1. The lowest BCUT2D eigenvalue weighted by molar-refractivity contribution is 0.0700. The summed E-state index contributed by atoms with van der Waals surface area (Å²) in [6, 6.07) is 4.24. The highest BCUT2D eigenvalue weighted by Gasteiger charge is 2.24. The minimum atomic E-state index is -0.535. The molecule has 0 radical (unpaired) electrons. The first-order chi connectivity index (χ1) is 9.34. The van der Waals surface area contributed by atoms with Crippen LogP contribution in [0.4, 0.5) is 4.39 Å². The van der Waals surface area contributed by atoms with Gasteiger partial charge in [-0.2, -0.15) is 0 Å². The molecule has 0 unspecified atom stereocenters. The summed E-state index contributed by atoms with van der Waals surface area (Å²) in [5, 5.41) is 0. The third kappa shape index (κ3) is 3.93. The highest BCUT2D eigenvalue weighted by molar-refractivity contribution is 5.94. The molecule has 0 bridgehead atoms. The molecule has 1 rings (SSSR count). The van der Waals surface area contributed by atoms with E-state index in [-0.39, 0.29) is 17.1 Å². The van der Waals surface area contributed by atoms with Crippen LogP contribution in [0, 0.1) is 11.2 Å². The Balaban J connectivity index is 2.94. The van der Waals surface area contributed by atoms with Crippen LogP contribution in [0.2, 0.25) is 0 Å². The third-order valence-electron chi connectivity index (χ3n) is 3.24. The van der Waals surface area contributed by atoms with Crippen molar-refractivity contribution in [1.29, 1.82) is 0 Å². The summed E-state index contributed by atoms with van der Waals surface area (Å²) in [6.45, 7) is 7.45. The molecule has 112 valence electrons. The molecule has 0 aliphatic heterocycles. The maximum atomic E-state index is 13.7. The second kappa shape index (κ2) is 6.70. The number of hydrogen-bond acceptors (Lipinski definition) is 3. The van der Waals surface area contributed by atoms with Crippen molar-refractivity contribution in [3.8, 4) is 5.75 Å². The fourth-order valence-corrected chi connectivity index (χ4v) is 1.89. The number of ether oxygens (including phenoxy) is 1. The Bertz CT molecular complexity index is 475. The van der Waals surface area contributed by atoms with Gasteiger partial charge in [0.25, 0.3) is 5.91 Å². The molecular weight excluding hydrogens is 259 g/mol. The average Bonchev–Trinajstić information content (AvgIpc) is 2.44. The number of carbonyl (C=O) groups excluding carboxylic acids is 1. The van der Waals surface area contributed by atoms with Crippen LogP contribution in [0.1, 0.15) is 31.1 Å². The molecule has 1 aromatic rings. The zero-order valence-electron chi connectivity index (χ0n) is 12.6. The first-order valence-corrected chi connectivity index (χ1v) is 6.67. The Labute approximate surface area is 119 Å². The van der Waals surface area contributed by atoms with E-state index in [0.717, 1.165) is 0 Å². The molecule has 0 saturated carbocycles. The van der Waals surface area contributed by atoms with Crippen LogP contribution >= 0.6 is 0 Å². The predicted octanol–water partition coefficient (Wildman–Crippen LogP) is 2.28. The van der Waals surface area contributed by atoms with E-state index in [1.165, 1.54) is 19.2 Å². The van der Waals surface area contributed by atoms with Gasteiger partial charge in [-0.15, -0.1) is 0 Å². The Morgan fingerprint density at radius 2 is 2.10 bits per heavy atom. The molecule has 0 heterocycles. The molecule has 4 nitrogen and oxygen atoms in total. The first kappa shape index (κ1) is 16.4. The Morgan fingerprint density at radius 1 is 1.45 bits per heavy atom. The molecular formula is C15H23FN2O2. The number of methoxy groups -OCH3 is 1. The number of nitrogens with zero attached hydrogens (tertiary/aromatic N) is 1. The SMILES string of the molecule is CCN(CC(C)(C)CN)C(=O)c1ccc(OC)c(F)c1. The molecule has 0 aromatic heterocycles. The van der Waals surface area contributed by atoms with Gasteiger partial charge in [0.15, 0.2) is 11.6 Å². The number of hydrogen-bond donors (Lipinski definition) is 1. The van der Waals surface area contributed by atoms with Gasteiger partial charge < -0.3 is 15.4 Å². The fourth-order valence-electron chi connectivity index (χ4n) is 1.89. The summed E-state index contributed by atoms with van der Waals surface area (Å²) in [5.74, 6) is -0.602. The van der Waals surface area contributed by atoms with Crippen molar-refractivity contribution in [2.45, 2.75) is 20.8 Å². The minimum Gasteiger partial charge on any atom is -0.494 e. The molecule has 0 aliphatic carbocycles. The van der Waals surface area contributed by atoms with Gasteiger partial charge in [0.2, 0.25) is 0 Å². The van der Waals surface area contributed by atoms with Crippen LogP contribution in [0.25, 0.3) is 0 Å². The molecule has 20 heavy (non-hydrogen) atoms. The quantitative estimate of drug-likeness (QED) is 0.871. The second-order valence-electron chi connectivity index (χ2n) is 5.54. The van der Waals surface area contributed by atoms with Gasteiger partial charge in [0.05, 0.1) is 7.11 Å². The molecule has 0 spiro atoms. The van der Waals surface area contributed by atoms with Crippen molar-refractivity contribution in [3.63, 3.8) is 0 Å². The van der Waals surface area contributed by atoms with Gasteiger partial charge in [-0.25, -0.2) is 4.39 Å². The maximum absolute atomic E-state index is 13.7. The lowest BCUT2D eigenvalue weighted by atomic mass is 9.93. The van der Waals surface area contributed by atoms with E-state index < -0.39 is 5.82 Å². The summed E-state index contributed by atoms with van der Waals surface area (Å²) < 4.78 is 18.5. The molecule has 0 fully saturated rings. The highest BCUT2D eigenvalue weighted by atomic mass is 19.1. The van der Waals surface area contributed by atoms with Crippen molar-refractivity contribution in [3.05, 3.63) is 29.6 Å². The lowest BCUT2D eigenvalue weighted by Gasteiger charge is -2.31. The summed E-state index contributed by atoms with van der Waals surface area (Å²) in [6.07, 6.45) is 0. The van der Waals surface area contributed by atoms with Crippen molar-refractivity contribution in [2.75, 3.05) is 26.7 Å². The molecule has 0 atom stereocenters. The first-order valence-electron chi connectivity index (χ1n) is 6.67. The van der Waals surface area contributed by atoms with E-state index in [9.17, 15) is 9.18 Å². The number of rotatable bonds is 6. The van der Waals surface area contributed by atoms with E-state index in [0.29, 0.717) is 25.2 Å². The van der Waals surface area contributed by atoms with Crippen LogP contribution in [0.5, 0.6) is 5.75 Å². The Morgan fingerprint density at radius 3 is 2.55 bits per heavy atom. The van der Waals surface area contributed by atoms with Crippen LogP contribution in [0.3, 0.4) is 0 Å². The average molecular weight is 282 g/mol. The number of benzene rings is 1. The van der Waals surface area contributed by atoms with E-state index in [4.69, 9.17) is 10.5 Å². The van der Waals surface area contributed by atoms with E-state index in [1.807, 2.05) is 20.8 Å². The zero-order chi connectivity index (χ0) is 15.3. The fraction of sp³-hybridized carbons (Fsp3) is 0.533. The number of nitrogens with two attached hydrogens (primary N) is 1. The van der Waals surface area contributed by atoms with E-state index in [2.05, 4.69) is 0 Å². The summed E-state index contributed by atoms with van der Waals surface area (Å²) in [7, 11) is 1.39. The predicted molar refractivity (Wildman–Crippen MR) is 77.4 cm³/mol. The van der Waals surface area contributed by atoms with Gasteiger partial charge in [0, 0.05) is 18.7 Å². The lowest BCUT2D eigenvalue weighted by Crippen LogP contribution is -2.42. The Hall–Kier alpha value is -1.62. The molecule has 0 saturated heterocycles. The highest BCUT2D eigenvalue weighted by Crippen LogP contribution is 2.21. The molecule has 2 N–H and O–H groups in total. The normalized spacial score (nSPS) is 11.3. The van der Waals surface area contributed by atoms with Crippen LogP contribution in [-0.2, 0) is 0 Å². The monoisotopic (exact) mass is 282 g/mol. The summed E-state index contributed by atoms with van der Waals surface area (Å²) in [4.78, 5) is 14.1. The van der Waals surface area contributed by atoms with Crippen LogP contribution in [0.15, 0.2) is 18.2 Å². The third-order valence-corrected chi connectivity index (χ3v) is 3.24. The van der Waals surface area contributed by atoms with Gasteiger partial charge in [-0.05, 0) is 37.1 Å². The largest absolute Gasteiger partial charge is 0.494 e. The van der Waals surface area contributed by atoms with Crippen molar-refractivity contribution in [2.24, 2.45) is 11.1 Å². The van der Waals surface area contributed by atoms with Crippen molar-refractivity contribution < 1.29 is 13.9 Å². The van der Waals surface area contributed by atoms with E-state index in [1.54, 1.807) is 11.0 Å². The summed E-state index contributed by atoms with van der Waals surface area (Å²) in [5.41, 5.74) is 5.84. The van der Waals surface area contributed by atoms with Crippen molar-refractivity contribution in [1.82, 2.24) is 4.90 Å². The number of halogens is 1. The van der Waals surface area contributed by atoms with Crippen LogP contribution in [-0.4, -0.2) is 37.6 Å². The number of amides is 1. The van der Waals surface area contributed by atoms with E-state index >= 15 is 0 Å². The summed E-state index contributed by atoms with van der Waals surface area (Å²) >= 11 is 0. The van der Waals surface area contributed by atoms with Gasteiger partial charge in [0.1, 0.15) is 0 Å². The van der Waals surface area contributed by atoms with Gasteiger partial charge in [-0.1, -0.05) is 13.8 Å². The Kier molecular flexibility index (Phi) is 5.51. The maximum Gasteiger partial charge on any atom is 0.253 e. The molecule has 5 heteroatoms. The molecule has 1 aromatic carbocycles. The topological polar surface area (TPSA) is 55.6 Å². The zero-order valence-corrected chi connectivity index (χ0v) is 12.6. The van der Waals surface area contributed by atoms with Gasteiger partial charge >= 0.3 is 0 Å². The standard InChI is InChI=1S/C15H23FN2O2/c1-5-18(10-15(2,3)9-17)14(19)11-6-7-13(20-4)12(16)8-11/h6-8H,5,9-10,17H2,1-4H3. The second-order valence-corrected chi connectivity index (χ2v) is 5.54.